The number of ketones is 1. The van der Waals surface area contributed by atoms with E-state index in [4.69, 9.17) is 5.73 Å². The molecule has 0 spiro atoms. The van der Waals surface area contributed by atoms with Gasteiger partial charge in [-0.05, 0) is 48.2 Å². The van der Waals surface area contributed by atoms with Crippen molar-refractivity contribution in [2.24, 2.45) is 11.7 Å². The number of halogens is 3. The summed E-state index contributed by atoms with van der Waals surface area (Å²) in [5, 5.41) is 9.31. The molecule has 2 rings (SSSR count). The lowest BCUT2D eigenvalue weighted by atomic mass is 9.90. The zero-order chi connectivity index (χ0) is 19.3. The first kappa shape index (κ1) is 19.7. The van der Waals surface area contributed by atoms with Crippen molar-refractivity contribution in [2.45, 2.75) is 25.3 Å². The predicted octanol–water partition coefficient (Wildman–Crippen LogP) is 2.88. The van der Waals surface area contributed by atoms with Crippen molar-refractivity contribution in [3.63, 3.8) is 0 Å². The number of carboxylic acids is 1. The molecule has 138 valence electrons. The van der Waals surface area contributed by atoms with E-state index in [1.165, 1.54) is 30.3 Å². The zero-order valence-electron chi connectivity index (χ0n) is 13.8. The minimum atomic E-state index is -1.22. The standard InChI is InChI=1S/C19H18F3NO3/c20-14-4-1-11(2-5-14)9-17(23)18(24)10-13(19(25)26)7-12-3-6-15(21)16(22)8-12/h1-6,8,13,17H,7,9-10,23H2,(H,25,26). The smallest absolute Gasteiger partial charge is 0.307 e. The number of carbonyl (C=O) groups is 2. The van der Waals surface area contributed by atoms with Gasteiger partial charge >= 0.3 is 5.97 Å². The third-order valence-electron chi connectivity index (χ3n) is 4.05. The van der Waals surface area contributed by atoms with Gasteiger partial charge < -0.3 is 10.8 Å². The molecular formula is C19H18F3NO3. The molecule has 4 nitrogen and oxygen atoms in total. The highest BCUT2D eigenvalue weighted by atomic mass is 19.2. The summed E-state index contributed by atoms with van der Waals surface area (Å²) < 4.78 is 39.1. The largest absolute Gasteiger partial charge is 0.481 e. The van der Waals surface area contributed by atoms with Crippen LogP contribution in [0.5, 0.6) is 0 Å². The van der Waals surface area contributed by atoms with Crippen molar-refractivity contribution >= 4 is 11.8 Å². The fraction of sp³-hybridized carbons (Fsp3) is 0.263. The molecule has 0 aliphatic rings. The van der Waals surface area contributed by atoms with Crippen LogP contribution in [0.3, 0.4) is 0 Å². The lowest BCUT2D eigenvalue weighted by Crippen LogP contribution is -2.35. The molecule has 7 heteroatoms. The summed E-state index contributed by atoms with van der Waals surface area (Å²) in [5.41, 5.74) is 6.75. The minimum Gasteiger partial charge on any atom is -0.481 e. The Kier molecular flexibility index (Phi) is 6.52. The number of nitrogens with two attached hydrogens (primary N) is 1. The maximum atomic E-state index is 13.3. The van der Waals surface area contributed by atoms with Crippen molar-refractivity contribution in [1.29, 1.82) is 0 Å². The van der Waals surface area contributed by atoms with Crippen LogP contribution in [0.4, 0.5) is 13.2 Å². The third-order valence-corrected chi connectivity index (χ3v) is 4.05. The third kappa shape index (κ3) is 5.42. The van der Waals surface area contributed by atoms with Gasteiger partial charge in [-0.1, -0.05) is 18.2 Å². The number of carbonyl (C=O) groups excluding carboxylic acids is 1. The van der Waals surface area contributed by atoms with Gasteiger partial charge in [0.1, 0.15) is 5.82 Å². The molecule has 0 bridgehead atoms. The molecule has 0 saturated heterocycles. The Labute approximate surface area is 148 Å². The first-order valence-electron chi connectivity index (χ1n) is 7.95. The van der Waals surface area contributed by atoms with Crippen LogP contribution < -0.4 is 5.73 Å². The highest BCUT2D eigenvalue weighted by Crippen LogP contribution is 2.17. The maximum absolute atomic E-state index is 13.3. The molecule has 2 atom stereocenters. The Bertz CT molecular complexity index is 793. The van der Waals surface area contributed by atoms with E-state index < -0.39 is 41.2 Å². The van der Waals surface area contributed by atoms with Gasteiger partial charge in [0, 0.05) is 6.42 Å². The number of carboxylic acid groups (broad SMARTS) is 1. The van der Waals surface area contributed by atoms with Crippen molar-refractivity contribution in [3.8, 4) is 0 Å². The molecule has 26 heavy (non-hydrogen) atoms. The topological polar surface area (TPSA) is 80.4 Å². The molecule has 2 aromatic carbocycles. The van der Waals surface area contributed by atoms with Gasteiger partial charge in [-0.15, -0.1) is 0 Å². The van der Waals surface area contributed by atoms with E-state index in [0.717, 1.165) is 12.1 Å². The maximum Gasteiger partial charge on any atom is 0.307 e. The van der Waals surface area contributed by atoms with Gasteiger partial charge in [0.05, 0.1) is 12.0 Å². The Morgan fingerprint density at radius 3 is 2.12 bits per heavy atom. The highest BCUT2D eigenvalue weighted by molar-refractivity contribution is 5.88. The van der Waals surface area contributed by atoms with Crippen LogP contribution in [0.15, 0.2) is 42.5 Å². The van der Waals surface area contributed by atoms with E-state index >= 15 is 0 Å². The quantitative estimate of drug-likeness (QED) is 0.754. The lowest BCUT2D eigenvalue weighted by molar-refractivity contribution is -0.143. The number of hydrogen-bond donors (Lipinski definition) is 2. The second-order valence-corrected chi connectivity index (χ2v) is 6.10. The summed E-state index contributed by atoms with van der Waals surface area (Å²) in [6.45, 7) is 0. The van der Waals surface area contributed by atoms with Gasteiger partial charge in [-0.3, -0.25) is 9.59 Å². The number of Topliss-reactive ketones (excluding diaryl/α,β-unsaturated/α-hetero) is 1. The van der Waals surface area contributed by atoms with E-state index in [2.05, 4.69) is 0 Å². The van der Waals surface area contributed by atoms with E-state index in [0.29, 0.717) is 5.56 Å². The molecule has 0 aromatic heterocycles. The Morgan fingerprint density at radius 1 is 0.923 bits per heavy atom. The molecule has 0 saturated carbocycles. The van der Waals surface area contributed by atoms with Gasteiger partial charge in [-0.25, -0.2) is 13.2 Å². The van der Waals surface area contributed by atoms with Gasteiger partial charge in [0.25, 0.3) is 0 Å². The number of hydrogen-bond acceptors (Lipinski definition) is 3. The van der Waals surface area contributed by atoms with Crippen LogP contribution in [-0.4, -0.2) is 22.9 Å². The van der Waals surface area contributed by atoms with Crippen molar-refractivity contribution in [2.75, 3.05) is 0 Å². The first-order chi connectivity index (χ1) is 12.3. The van der Waals surface area contributed by atoms with E-state index in [1.54, 1.807) is 0 Å². The normalized spacial score (nSPS) is 13.2. The Hall–Kier alpha value is -2.67. The second-order valence-electron chi connectivity index (χ2n) is 6.10. The first-order valence-corrected chi connectivity index (χ1v) is 7.95. The summed E-state index contributed by atoms with van der Waals surface area (Å²) in [5.74, 6) is -5.32. The summed E-state index contributed by atoms with van der Waals surface area (Å²) in [7, 11) is 0. The molecule has 0 amide bonds. The number of benzene rings is 2. The molecule has 2 unspecified atom stereocenters. The monoisotopic (exact) mass is 365 g/mol. The number of rotatable bonds is 8. The van der Waals surface area contributed by atoms with Gasteiger partial charge in [-0.2, -0.15) is 0 Å². The molecule has 3 N–H and O–H groups in total. The van der Waals surface area contributed by atoms with Crippen LogP contribution in [0.2, 0.25) is 0 Å². The fourth-order valence-corrected chi connectivity index (χ4v) is 2.58. The van der Waals surface area contributed by atoms with E-state index in [-0.39, 0.29) is 24.8 Å². The Balaban J connectivity index is 2.01. The molecule has 0 fully saturated rings. The van der Waals surface area contributed by atoms with Crippen LogP contribution in [0.25, 0.3) is 0 Å². The van der Waals surface area contributed by atoms with E-state index in [9.17, 15) is 27.9 Å². The highest BCUT2D eigenvalue weighted by Gasteiger charge is 2.25. The number of aliphatic carboxylic acids is 1. The summed E-state index contributed by atoms with van der Waals surface area (Å²) in [6, 6.07) is 7.64. The minimum absolute atomic E-state index is 0.123. The fourth-order valence-electron chi connectivity index (χ4n) is 2.58. The van der Waals surface area contributed by atoms with Crippen molar-refractivity contribution in [1.82, 2.24) is 0 Å². The van der Waals surface area contributed by atoms with Crippen molar-refractivity contribution < 1.29 is 27.9 Å². The van der Waals surface area contributed by atoms with Crippen LogP contribution >= 0.6 is 0 Å². The van der Waals surface area contributed by atoms with Crippen LogP contribution in [0.1, 0.15) is 17.5 Å². The molecule has 0 heterocycles. The molecule has 0 aliphatic carbocycles. The zero-order valence-corrected chi connectivity index (χ0v) is 13.8. The average Bonchev–Trinajstić information content (AvgIpc) is 2.59. The SMILES string of the molecule is NC(Cc1ccc(F)cc1)C(=O)CC(Cc1ccc(F)c(F)c1)C(=O)O. The summed E-state index contributed by atoms with van der Waals surface area (Å²) in [4.78, 5) is 23.7. The van der Waals surface area contributed by atoms with Gasteiger partial charge in [0.2, 0.25) is 0 Å². The second kappa shape index (κ2) is 8.62. The van der Waals surface area contributed by atoms with Crippen molar-refractivity contribution in [3.05, 3.63) is 71.0 Å². The van der Waals surface area contributed by atoms with Crippen LogP contribution in [-0.2, 0) is 22.4 Å². The predicted molar refractivity (Wildman–Crippen MR) is 88.9 cm³/mol. The molecule has 2 aromatic rings. The summed E-state index contributed by atoms with van der Waals surface area (Å²) >= 11 is 0. The van der Waals surface area contributed by atoms with Gasteiger partial charge in [0.15, 0.2) is 17.4 Å². The summed E-state index contributed by atoms with van der Waals surface area (Å²) in [6.07, 6.45) is -0.311. The Morgan fingerprint density at radius 2 is 1.54 bits per heavy atom. The van der Waals surface area contributed by atoms with E-state index in [1.807, 2.05) is 0 Å². The molecule has 0 aliphatic heterocycles. The molecule has 0 radical (unpaired) electrons. The average molecular weight is 365 g/mol. The molecular weight excluding hydrogens is 347 g/mol. The lowest BCUT2D eigenvalue weighted by Gasteiger charge is -2.16. The van der Waals surface area contributed by atoms with Crippen LogP contribution in [0, 0.1) is 23.4 Å².